The number of carbonyl (C=O) groups is 2. The van der Waals surface area contributed by atoms with Crippen LogP contribution >= 0.6 is 0 Å². The van der Waals surface area contributed by atoms with E-state index in [2.05, 4.69) is 15.5 Å². The Morgan fingerprint density at radius 1 is 0.962 bits per heavy atom. The van der Waals surface area contributed by atoms with Gasteiger partial charge < -0.3 is 10.6 Å². The Bertz CT molecular complexity index is 603. The Balaban J connectivity index is 1.52. The molecule has 0 bridgehead atoms. The molecule has 1 aliphatic heterocycles. The Labute approximate surface area is 156 Å². The fraction of sp³-hybridized carbons (Fsp3) is 0.619. The summed E-state index contributed by atoms with van der Waals surface area (Å²) >= 11 is 0. The zero-order chi connectivity index (χ0) is 18.2. The highest BCUT2D eigenvalue weighted by Gasteiger charge is 2.17. The Morgan fingerprint density at radius 3 is 2.38 bits per heavy atom. The molecule has 3 rings (SSSR count). The van der Waals surface area contributed by atoms with Gasteiger partial charge in [-0.2, -0.15) is 0 Å². The monoisotopic (exact) mass is 357 g/mol. The summed E-state index contributed by atoms with van der Waals surface area (Å²) in [6.45, 7) is 2.42. The number of rotatable bonds is 5. The molecular weight excluding hydrogens is 326 g/mol. The van der Waals surface area contributed by atoms with Crippen molar-refractivity contribution in [2.75, 3.05) is 25.0 Å². The van der Waals surface area contributed by atoms with E-state index in [-0.39, 0.29) is 17.9 Å². The molecule has 1 aliphatic carbocycles. The predicted octanol–water partition coefficient (Wildman–Crippen LogP) is 3.56. The maximum absolute atomic E-state index is 12.5. The number of carbonyl (C=O) groups excluding carboxylic acids is 2. The Kier molecular flexibility index (Phi) is 7.06. The fourth-order valence-corrected chi connectivity index (χ4v) is 3.95. The smallest absolute Gasteiger partial charge is 0.251 e. The second-order valence-corrected chi connectivity index (χ2v) is 7.63. The summed E-state index contributed by atoms with van der Waals surface area (Å²) in [6, 6.07) is 7.55. The lowest BCUT2D eigenvalue weighted by atomic mass is 9.95. The van der Waals surface area contributed by atoms with Gasteiger partial charge in [-0.1, -0.05) is 38.2 Å². The van der Waals surface area contributed by atoms with Crippen molar-refractivity contribution in [1.82, 2.24) is 10.2 Å². The minimum absolute atomic E-state index is 0.00302. The van der Waals surface area contributed by atoms with Crippen molar-refractivity contribution in [3.05, 3.63) is 29.8 Å². The van der Waals surface area contributed by atoms with Gasteiger partial charge in [0.15, 0.2) is 0 Å². The molecule has 2 aliphatic rings. The lowest BCUT2D eigenvalue weighted by Gasteiger charge is -2.23. The lowest BCUT2D eigenvalue weighted by Crippen LogP contribution is -2.36. The average Bonchev–Trinajstić information content (AvgIpc) is 2.91. The van der Waals surface area contributed by atoms with E-state index in [1.807, 2.05) is 18.2 Å². The molecule has 1 heterocycles. The molecule has 5 nitrogen and oxygen atoms in total. The molecule has 1 saturated heterocycles. The quantitative estimate of drug-likeness (QED) is 0.847. The highest BCUT2D eigenvalue weighted by molar-refractivity contribution is 5.97. The van der Waals surface area contributed by atoms with Crippen LogP contribution in [0.15, 0.2) is 24.3 Å². The first-order chi connectivity index (χ1) is 12.7. The van der Waals surface area contributed by atoms with Gasteiger partial charge >= 0.3 is 0 Å². The molecular formula is C21H31N3O2. The van der Waals surface area contributed by atoms with E-state index in [9.17, 15) is 9.59 Å². The van der Waals surface area contributed by atoms with Gasteiger partial charge in [-0.25, -0.2) is 0 Å². The second-order valence-electron chi connectivity index (χ2n) is 7.63. The summed E-state index contributed by atoms with van der Waals surface area (Å²) in [6.07, 6.45) is 10.6. The molecule has 1 aromatic rings. The van der Waals surface area contributed by atoms with Crippen molar-refractivity contribution in [1.29, 1.82) is 0 Å². The molecule has 1 aromatic carbocycles. The van der Waals surface area contributed by atoms with E-state index in [1.165, 1.54) is 44.9 Å². The van der Waals surface area contributed by atoms with Crippen LogP contribution in [0.3, 0.4) is 0 Å². The molecule has 2 N–H and O–H groups in total. The average molecular weight is 357 g/mol. The lowest BCUT2D eigenvalue weighted by molar-refractivity contribution is -0.117. The van der Waals surface area contributed by atoms with Crippen LogP contribution in [0.2, 0.25) is 0 Å². The number of nitrogens with zero attached hydrogens (tertiary/aromatic N) is 1. The first kappa shape index (κ1) is 18.9. The Hall–Kier alpha value is -1.88. The summed E-state index contributed by atoms with van der Waals surface area (Å²) < 4.78 is 0. The number of likely N-dealkylation sites (tertiary alicyclic amines) is 1. The molecule has 0 atom stereocenters. The zero-order valence-electron chi connectivity index (χ0n) is 15.6. The maximum Gasteiger partial charge on any atom is 0.251 e. The van der Waals surface area contributed by atoms with Crippen LogP contribution in [-0.2, 0) is 4.79 Å². The zero-order valence-corrected chi connectivity index (χ0v) is 15.6. The SMILES string of the molecule is O=C(CN1CCCCCC1)Nc1cccc(C(=O)NC2CCCCC2)c1. The van der Waals surface area contributed by atoms with Gasteiger partial charge in [-0.3, -0.25) is 14.5 Å². The summed E-state index contributed by atoms with van der Waals surface area (Å²) in [7, 11) is 0. The van der Waals surface area contributed by atoms with E-state index in [1.54, 1.807) is 6.07 Å². The maximum atomic E-state index is 12.5. The Morgan fingerprint density at radius 2 is 1.65 bits per heavy atom. The van der Waals surface area contributed by atoms with E-state index in [4.69, 9.17) is 0 Å². The third-order valence-electron chi connectivity index (χ3n) is 5.41. The van der Waals surface area contributed by atoms with Crippen LogP contribution in [0, 0.1) is 0 Å². The topological polar surface area (TPSA) is 61.4 Å². The van der Waals surface area contributed by atoms with Gasteiger partial charge in [0.2, 0.25) is 5.91 Å². The highest BCUT2D eigenvalue weighted by Crippen LogP contribution is 2.18. The molecule has 2 amide bonds. The van der Waals surface area contributed by atoms with Crippen LogP contribution in [0.1, 0.15) is 68.1 Å². The largest absolute Gasteiger partial charge is 0.349 e. The summed E-state index contributed by atoms with van der Waals surface area (Å²) in [5, 5.41) is 6.08. The fourth-order valence-electron chi connectivity index (χ4n) is 3.95. The van der Waals surface area contributed by atoms with Crippen LogP contribution in [-0.4, -0.2) is 42.4 Å². The van der Waals surface area contributed by atoms with Crippen molar-refractivity contribution in [3.63, 3.8) is 0 Å². The number of hydrogen-bond acceptors (Lipinski definition) is 3. The van der Waals surface area contributed by atoms with Crippen LogP contribution in [0.4, 0.5) is 5.69 Å². The predicted molar refractivity (Wildman–Crippen MR) is 104 cm³/mol. The third-order valence-corrected chi connectivity index (χ3v) is 5.41. The van der Waals surface area contributed by atoms with E-state index in [0.717, 1.165) is 25.9 Å². The minimum Gasteiger partial charge on any atom is -0.349 e. The molecule has 5 heteroatoms. The number of amides is 2. The summed E-state index contributed by atoms with van der Waals surface area (Å²) in [5.41, 5.74) is 1.31. The first-order valence-corrected chi connectivity index (χ1v) is 10.1. The van der Waals surface area contributed by atoms with Crippen LogP contribution < -0.4 is 10.6 Å². The number of benzene rings is 1. The van der Waals surface area contributed by atoms with E-state index in [0.29, 0.717) is 17.8 Å². The molecule has 0 aromatic heterocycles. The van der Waals surface area contributed by atoms with Gasteiger partial charge in [-0.15, -0.1) is 0 Å². The molecule has 1 saturated carbocycles. The van der Waals surface area contributed by atoms with Gasteiger partial charge in [0.1, 0.15) is 0 Å². The van der Waals surface area contributed by atoms with Crippen molar-refractivity contribution in [3.8, 4) is 0 Å². The van der Waals surface area contributed by atoms with E-state index < -0.39 is 0 Å². The standard InChI is InChI=1S/C21H31N3O2/c25-20(16-24-13-6-1-2-7-14-24)22-19-12-8-9-17(15-19)21(26)23-18-10-4-3-5-11-18/h8-9,12,15,18H,1-7,10-11,13-14,16H2,(H,22,25)(H,23,26). The molecule has 0 radical (unpaired) electrons. The number of nitrogens with one attached hydrogen (secondary N) is 2. The van der Waals surface area contributed by atoms with Crippen LogP contribution in [0.5, 0.6) is 0 Å². The number of hydrogen-bond donors (Lipinski definition) is 2. The van der Waals surface area contributed by atoms with Crippen molar-refractivity contribution in [2.45, 2.75) is 63.8 Å². The van der Waals surface area contributed by atoms with Gasteiger partial charge in [0, 0.05) is 17.3 Å². The summed E-state index contributed by atoms with van der Waals surface area (Å²) in [4.78, 5) is 27.0. The molecule has 26 heavy (non-hydrogen) atoms. The molecule has 0 unspecified atom stereocenters. The van der Waals surface area contributed by atoms with Gasteiger partial charge in [0.25, 0.3) is 5.91 Å². The second kappa shape index (κ2) is 9.72. The molecule has 142 valence electrons. The van der Waals surface area contributed by atoms with Crippen LogP contribution in [0.25, 0.3) is 0 Å². The highest BCUT2D eigenvalue weighted by atomic mass is 16.2. The van der Waals surface area contributed by atoms with Gasteiger partial charge in [-0.05, 0) is 57.0 Å². The first-order valence-electron chi connectivity index (χ1n) is 10.1. The minimum atomic E-state index is -0.0412. The van der Waals surface area contributed by atoms with E-state index >= 15 is 0 Å². The number of anilines is 1. The normalized spacial score (nSPS) is 19.5. The molecule has 2 fully saturated rings. The van der Waals surface area contributed by atoms with Crippen molar-refractivity contribution < 1.29 is 9.59 Å². The summed E-state index contributed by atoms with van der Waals surface area (Å²) in [5.74, 6) is -0.0442. The van der Waals surface area contributed by atoms with Crippen molar-refractivity contribution in [2.24, 2.45) is 0 Å². The van der Waals surface area contributed by atoms with Gasteiger partial charge in [0.05, 0.1) is 6.54 Å². The third kappa shape index (κ3) is 5.84. The van der Waals surface area contributed by atoms with Crippen molar-refractivity contribution >= 4 is 17.5 Å². The molecule has 0 spiro atoms.